The highest BCUT2D eigenvalue weighted by Gasteiger charge is 2.15. The number of aromatic nitrogens is 1. The first kappa shape index (κ1) is 21.4. The van der Waals surface area contributed by atoms with Gasteiger partial charge in [-0.1, -0.05) is 13.0 Å². The first-order valence-electron chi connectivity index (χ1n) is 10.1. The van der Waals surface area contributed by atoms with Gasteiger partial charge in [-0.25, -0.2) is 9.98 Å². The number of nitrogens with zero attached hydrogens (tertiary/aromatic N) is 2. The molecule has 7 heteroatoms. The molecule has 1 unspecified atom stereocenters. The van der Waals surface area contributed by atoms with Crippen molar-refractivity contribution in [3.63, 3.8) is 0 Å². The summed E-state index contributed by atoms with van der Waals surface area (Å²) >= 11 is 0. The van der Waals surface area contributed by atoms with Gasteiger partial charge in [-0.15, -0.1) is 0 Å². The molecular weight excluding hydrogens is 344 g/mol. The van der Waals surface area contributed by atoms with Crippen LogP contribution in [0.15, 0.2) is 23.3 Å². The van der Waals surface area contributed by atoms with Crippen LogP contribution in [0.25, 0.3) is 0 Å². The van der Waals surface area contributed by atoms with Crippen molar-refractivity contribution in [1.29, 1.82) is 0 Å². The minimum Gasteiger partial charge on any atom is -0.477 e. The molecule has 1 saturated heterocycles. The second-order valence-corrected chi connectivity index (χ2v) is 6.60. The van der Waals surface area contributed by atoms with Crippen LogP contribution in [-0.4, -0.2) is 57.1 Å². The number of pyridine rings is 1. The second kappa shape index (κ2) is 13.3. The largest absolute Gasteiger partial charge is 0.477 e. The Morgan fingerprint density at radius 2 is 2.26 bits per heavy atom. The van der Waals surface area contributed by atoms with Crippen molar-refractivity contribution in [2.75, 3.05) is 46.1 Å². The molecule has 152 valence electrons. The number of hydrogen-bond donors (Lipinski definition) is 2. The summed E-state index contributed by atoms with van der Waals surface area (Å²) in [6.45, 7) is 10.2. The van der Waals surface area contributed by atoms with Gasteiger partial charge in [-0.2, -0.15) is 0 Å². The molecule has 0 amide bonds. The number of aliphatic imine (C=N–C) groups is 1. The van der Waals surface area contributed by atoms with Crippen LogP contribution in [-0.2, 0) is 16.0 Å². The van der Waals surface area contributed by atoms with Crippen LogP contribution in [0.4, 0.5) is 0 Å². The SMILES string of the molecule is CCCOc1ncccc1CN=C(NCC)NCCCOCC1CCOC1. The van der Waals surface area contributed by atoms with E-state index in [0.29, 0.717) is 24.9 Å². The summed E-state index contributed by atoms with van der Waals surface area (Å²) in [5.41, 5.74) is 0.991. The Bertz CT molecular complexity index is 548. The molecule has 0 aliphatic carbocycles. The van der Waals surface area contributed by atoms with Crippen LogP contribution < -0.4 is 15.4 Å². The van der Waals surface area contributed by atoms with E-state index in [-0.39, 0.29) is 0 Å². The van der Waals surface area contributed by atoms with Gasteiger partial charge in [-0.05, 0) is 32.3 Å². The number of ether oxygens (including phenoxy) is 3. The zero-order valence-electron chi connectivity index (χ0n) is 16.7. The summed E-state index contributed by atoms with van der Waals surface area (Å²) in [5.74, 6) is 2.04. The van der Waals surface area contributed by atoms with Crippen molar-refractivity contribution in [2.45, 2.75) is 39.7 Å². The predicted octanol–water partition coefficient (Wildman–Crippen LogP) is 2.37. The lowest BCUT2D eigenvalue weighted by molar-refractivity contribution is 0.0888. The Morgan fingerprint density at radius 1 is 1.33 bits per heavy atom. The van der Waals surface area contributed by atoms with Crippen molar-refractivity contribution < 1.29 is 14.2 Å². The lowest BCUT2D eigenvalue weighted by Crippen LogP contribution is -2.38. The van der Waals surface area contributed by atoms with Crippen molar-refractivity contribution in [2.24, 2.45) is 10.9 Å². The van der Waals surface area contributed by atoms with E-state index in [1.165, 1.54) is 0 Å². The maximum absolute atomic E-state index is 5.74. The fourth-order valence-corrected chi connectivity index (χ4v) is 2.72. The van der Waals surface area contributed by atoms with E-state index < -0.39 is 0 Å². The van der Waals surface area contributed by atoms with Crippen LogP contribution in [0.5, 0.6) is 5.88 Å². The molecule has 1 aromatic heterocycles. The van der Waals surface area contributed by atoms with Gasteiger partial charge < -0.3 is 24.8 Å². The van der Waals surface area contributed by atoms with Crippen molar-refractivity contribution in [3.8, 4) is 5.88 Å². The van der Waals surface area contributed by atoms with Crippen molar-refractivity contribution in [1.82, 2.24) is 15.6 Å². The summed E-state index contributed by atoms with van der Waals surface area (Å²) in [7, 11) is 0. The third-order valence-electron chi connectivity index (χ3n) is 4.18. The van der Waals surface area contributed by atoms with E-state index in [4.69, 9.17) is 14.2 Å². The number of nitrogens with one attached hydrogen (secondary N) is 2. The van der Waals surface area contributed by atoms with E-state index in [1.807, 2.05) is 12.1 Å². The Morgan fingerprint density at radius 3 is 3.04 bits per heavy atom. The highest BCUT2D eigenvalue weighted by molar-refractivity contribution is 5.79. The molecule has 0 bridgehead atoms. The molecular formula is C20H34N4O3. The second-order valence-electron chi connectivity index (χ2n) is 6.60. The molecule has 0 aromatic carbocycles. The number of rotatable bonds is 12. The topological polar surface area (TPSA) is 77.0 Å². The van der Waals surface area contributed by atoms with E-state index in [9.17, 15) is 0 Å². The monoisotopic (exact) mass is 378 g/mol. The van der Waals surface area contributed by atoms with E-state index in [1.54, 1.807) is 6.20 Å². The lowest BCUT2D eigenvalue weighted by Gasteiger charge is -2.13. The molecule has 2 N–H and O–H groups in total. The Hall–Kier alpha value is -1.86. The van der Waals surface area contributed by atoms with Gasteiger partial charge in [0.1, 0.15) is 0 Å². The third-order valence-corrected chi connectivity index (χ3v) is 4.18. The quantitative estimate of drug-likeness (QED) is 0.330. The molecule has 0 spiro atoms. The summed E-state index contributed by atoms with van der Waals surface area (Å²) in [6, 6.07) is 3.92. The molecule has 1 aliphatic rings. The molecule has 1 atom stereocenters. The highest BCUT2D eigenvalue weighted by Crippen LogP contribution is 2.15. The zero-order valence-corrected chi connectivity index (χ0v) is 16.7. The van der Waals surface area contributed by atoms with E-state index >= 15 is 0 Å². The van der Waals surface area contributed by atoms with Crippen molar-refractivity contribution in [3.05, 3.63) is 23.9 Å². The van der Waals surface area contributed by atoms with Gasteiger partial charge in [-0.3, -0.25) is 0 Å². The maximum atomic E-state index is 5.74. The molecule has 2 rings (SSSR count). The molecule has 7 nitrogen and oxygen atoms in total. The van der Waals surface area contributed by atoms with Crippen LogP contribution >= 0.6 is 0 Å². The van der Waals surface area contributed by atoms with Crippen LogP contribution in [0, 0.1) is 5.92 Å². The first-order valence-corrected chi connectivity index (χ1v) is 10.1. The predicted molar refractivity (Wildman–Crippen MR) is 107 cm³/mol. The average Bonchev–Trinajstić information content (AvgIpc) is 3.21. The molecule has 27 heavy (non-hydrogen) atoms. The molecule has 1 aliphatic heterocycles. The van der Waals surface area contributed by atoms with Gasteiger partial charge in [0, 0.05) is 44.0 Å². The third kappa shape index (κ3) is 8.58. The molecule has 2 heterocycles. The average molecular weight is 379 g/mol. The highest BCUT2D eigenvalue weighted by atomic mass is 16.5. The fraction of sp³-hybridized carbons (Fsp3) is 0.700. The normalized spacial score (nSPS) is 17.1. The van der Waals surface area contributed by atoms with Crippen LogP contribution in [0.3, 0.4) is 0 Å². The molecule has 1 fully saturated rings. The Balaban J connectivity index is 1.71. The lowest BCUT2D eigenvalue weighted by atomic mass is 10.1. The summed E-state index contributed by atoms with van der Waals surface area (Å²) in [6.07, 6.45) is 4.77. The molecule has 1 aromatic rings. The minimum absolute atomic E-state index is 0.528. The number of hydrogen-bond acceptors (Lipinski definition) is 5. The standard InChI is InChI=1S/C20H34N4O3/c1-3-11-27-19-18(7-5-9-22-19)14-24-20(21-4-2)23-10-6-12-25-15-17-8-13-26-16-17/h5,7,9,17H,3-4,6,8,10-16H2,1-2H3,(H2,21,23,24). The Kier molecular flexibility index (Phi) is 10.6. The van der Waals surface area contributed by atoms with Gasteiger partial charge >= 0.3 is 0 Å². The fourth-order valence-electron chi connectivity index (χ4n) is 2.72. The van der Waals surface area contributed by atoms with Gasteiger partial charge in [0.2, 0.25) is 5.88 Å². The van der Waals surface area contributed by atoms with Crippen molar-refractivity contribution >= 4 is 5.96 Å². The summed E-state index contributed by atoms with van der Waals surface area (Å²) < 4.78 is 16.8. The Labute approximate surface area is 162 Å². The van der Waals surface area contributed by atoms with Gasteiger partial charge in [0.15, 0.2) is 5.96 Å². The first-order chi connectivity index (χ1) is 13.3. The smallest absolute Gasteiger partial charge is 0.218 e. The maximum Gasteiger partial charge on any atom is 0.218 e. The van der Waals surface area contributed by atoms with Crippen LogP contribution in [0.2, 0.25) is 0 Å². The number of guanidine groups is 1. The van der Waals surface area contributed by atoms with Gasteiger partial charge in [0.05, 0.1) is 26.4 Å². The zero-order chi connectivity index (χ0) is 19.2. The molecule has 0 saturated carbocycles. The summed E-state index contributed by atoms with van der Waals surface area (Å²) in [4.78, 5) is 8.96. The van der Waals surface area contributed by atoms with E-state index in [2.05, 4.69) is 34.5 Å². The molecule has 0 radical (unpaired) electrons. The van der Waals surface area contributed by atoms with Gasteiger partial charge in [0.25, 0.3) is 0 Å². The summed E-state index contributed by atoms with van der Waals surface area (Å²) in [5, 5.41) is 6.63. The minimum atomic E-state index is 0.528. The van der Waals surface area contributed by atoms with Crippen LogP contribution in [0.1, 0.15) is 38.7 Å². The van der Waals surface area contributed by atoms with E-state index in [0.717, 1.165) is 70.3 Å².